The average Bonchev–Trinajstić information content (AvgIpc) is 2.88. The van der Waals surface area contributed by atoms with Crippen LogP contribution in [0, 0.1) is 20.2 Å². The Morgan fingerprint density at radius 2 is 1.85 bits per heavy atom. The number of hydrogen-bond acceptors (Lipinski definition) is 7. The first-order valence-corrected chi connectivity index (χ1v) is 5.34. The highest BCUT2D eigenvalue weighted by Gasteiger charge is 2.12. The van der Waals surface area contributed by atoms with Gasteiger partial charge in [-0.25, -0.2) is 0 Å². The summed E-state index contributed by atoms with van der Waals surface area (Å²) in [6.45, 7) is 0. The molecule has 0 radical (unpaired) electrons. The van der Waals surface area contributed by atoms with E-state index >= 15 is 0 Å². The molecule has 0 atom stereocenters. The van der Waals surface area contributed by atoms with E-state index in [-0.39, 0.29) is 17.1 Å². The fraction of sp³-hybridized carbons (Fsp3) is 0. The molecule has 0 amide bonds. The molecule has 0 bridgehead atoms. The Balaban J connectivity index is 2.10. The third-order valence-electron chi connectivity index (χ3n) is 2.27. The van der Waals surface area contributed by atoms with Crippen LogP contribution in [0.1, 0.15) is 5.76 Å². The molecule has 2 rings (SSSR count). The zero-order valence-corrected chi connectivity index (χ0v) is 9.92. The minimum absolute atomic E-state index is 0.130. The topological polar surface area (TPSA) is 124 Å². The molecule has 9 heteroatoms. The molecule has 9 nitrogen and oxygen atoms in total. The number of nitro groups is 2. The molecule has 1 heterocycles. The van der Waals surface area contributed by atoms with Gasteiger partial charge in [0.25, 0.3) is 5.69 Å². The van der Waals surface area contributed by atoms with Crippen LogP contribution in [0.5, 0.6) is 0 Å². The van der Waals surface area contributed by atoms with Crippen LogP contribution in [-0.2, 0) is 0 Å². The van der Waals surface area contributed by atoms with E-state index in [4.69, 9.17) is 4.42 Å². The molecule has 102 valence electrons. The van der Waals surface area contributed by atoms with Crippen LogP contribution in [0.4, 0.5) is 17.3 Å². The number of nitrogens with one attached hydrogen (secondary N) is 1. The predicted molar refractivity (Wildman–Crippen MR) is 69.7 cm³/mol. The Morgan fingerprint density at radius 1 is 1.10 bits per heavy atom. The molecule has 0 aliphatic heterocycles. The van der Waals surface area contributed by atoms with Gasteiger partial charge >= 0.3 is 5.88 Å². The fourth-order valence-corrected chi connectivity index (χ4v) is 1.40. The van der Waals surface area contributed by atoms with Crippen LogP contribution < -0.4 is 5.43 Å². The lowest BCUT2D eigenvalue weighted by molar-refractivity contribution is -0.402. The molecule has 0 saturated carbocycles. The van der Waals surface area contributed by atoms with Crippen LogP contribution in [-0.4, -0.2) is 16.1 Å². The summed E-state index contributed by atoms with van der Waals surface area (Å²) < 4.78 is 4.84. The zero-order valence-electron chi connectivity index (χ0n) is 9.92. The van der Waals surface area contributed by atoms with Gasteiger partial charge < -0.3 is 4.42 Å². The Hall–Kier alpha value is -3.23. The van der Waals surface area contributed by atoms with Crippen LogP contribution in [0.15, 0.2) is 45.9 Å². The molecule has 0 unspecified atom stereocenters. The fourth-order valence-electron chi connectivity index (χ4n) is 1.40. The van der Waals surface area contributed by atoms with Crippen LogP contribution >= 0.6 is 0 Å². The van der Waals surface area contributed by atoms with Gasteiger partial charge in [-0.15, -0.1) is 0 Å². The van der Waals surface area contributed by atoms with Crippen molar-refractivity contribution >= 4 is 23.5 Å². The van der Waals surface area contributed by atoms with Gasteiger partial charge in [-0.1, -0.05) is 12.1 Å². The quantitative estimate of drug-likeness (QED) is 0.508. The molecule has 0 fully saturated rings. The van der Waals surface area contributed by atoms with Gasteiger partial charge in [0.2, 0.25) is 0 Å². The van der Waals surface area contributed by atoms with Crippen molar-refractivity contribution in [3.63, 3.8) is 0 Å². The van der Waals surface area contributed by atoms with Crippen LogP contribution in [0.2, 0.25) is 0 Å². The highest BCUT2D eigenvalue weighted by Crippen LogP contribution is 2.23. The summed E-state index contributed by atoms with van der Waals surface area (Å²) >= 11 is 0. The number of hydrogen-bond donors (Lipinski definition) is 1. The zero-order chi connectivity index (χ0) is 14.5. The van der Waals surface area contributed by atoms with Crippen LogP contribution in [0.25, 0.3) is 0 Å². The number of para-hydroxylation sites is 2. The van der Waals surface area contributed by atoms with E-state index in [1.807, 2.05) is 0 Å². The number of nitrogens with zero attached hydrogens (tertiary/aromatic N) is 3. The van der Waals surface area contributed by atoms with Gasteiger partial charge in [-0.3, -0.25) is 25.7 Å². The maximum atomic E-state index is 10.8. The first-order valence-electron chi connectivity index (χ1n) is 5.34. The summed E-state index contributed by atoms with van der Waals surface area (Å²) in [7, 11) is 0. The maximum absolute atomic E-state index is 10.8. The van der Waals surface area contributed by atoms with Crippen LogP contribution in [0.3, 0.4) is 0 Å². The molecule has 1 aromatic heterocycles. The summed E-state index contributed by atoms with van der Waals surface area (Å²) in [6.07, 6.45) is 1.18. The van der Waals surface area contributed by atoms with Crippen molar-refractivity contribution in [2.45, 2.75) is 0 Å². The standard InChI is InChI=1S/C11H8N4O5/c16-14(17)10-4-2-1-3-9(10)13-12-7-8-5-6-11(20-8)15(18)19/h1-7,13H/b12-7+. The highest BCUT2D eigenvalue weighted by atomic mass is 16.6. The minimum atomic E-state index is -0.674. The number of rotatable bonds is 5. The van der Waals surface area contributed by atoms with Crippen molar-refractivity contribution in [1.29, 1.82) is 0 Å². The van der Waals surface area contributed by atoms with Crippen molar-refractivity contribution in [3.05, 3.63) is 62.4 Å². The largest absolute Gasteiger partial charge is 0.433 e. The lowest BCUT2D eigenvalue weighted by atomic mass is 10.3. The van der Waals surface area contributed by atoms with Gasteiger partial charge in [0.05, 0.1) is 17.2 Å². The molecule has 0 aliphatic carbocycles. The van der Waals surface area contributed by atoms with Gasteiger partial charge in [-0.05, 0) is 12.1 Å². The van der Waals surface area contributed by atoms with E-state index < -0.39 is 15.7 Å². The summed E-state index contributed by atoms with van der Waals surface area (Å²) in [4.78, 5) is 19.9. The lowest BCUT2D eigenvalue weighted by Crippen LogP contribution is -1.96. The first kappa shape index (κ1) is 13.2. The predicted octanol–water partition coefficient (Wildman–Crippen LogP) is 2.54. The lowest BCUT2D eigenvalue weighted by Gasteiger charge is -2.00. The molecule has 1 N–H and O–H groups in total. The second kappa shape index (κ2) is 5.61. The number of benzene rings is 1. The third-order valence-corrected chi connectivity index (χ3v) is 2.27. The van der Waals surface area contributed by atoms with Gasteiger partial charge in [0.1, 0.15) is 10.6 Å². The highest BCUT2D eigenvalue weighted by molar-refractivity contribution is 5.77. The van der Waals surface area contributed by atoms with E-state index in [9.17, 15) is 20.2 Å². The molecular formula is C11H8N4O5. The molecule has 20 heavy (non-hydrogen) atoms. The second-order valence-corrected chi connectivity index (χ2v) is 3.58. The van der Waals surface area contributed by atoms with Crippen molar-refractivity contribution in [1.82, 2.24) is 0 Å². The summed E-state index contributed by atoms with van der Waals surface area (Å²) in [6, 6.07) is 8.51. The Bertz CT molecular complexity index is 679. The molecule has 0 spiro atoms. The number of furan rings is 1. The monoisotopic (exact) mass is 276 g/mol. The van der Waals surface area contributed by atoms with E-state index in [0.29, 0.717) is 0 Å². The van der Waals surface area contributed by atoms with Crippen molar-refractivity contribution in [2.24, 2.45) is 5.10 Å². The van der Waals surface area contributed by atoms with Gasteiger partial charge in [0.15, 0.2) is 5.76 Å². The Labute approximate surface area is 111 Å². The Morgan fingerprint density at radius 3 is 2.50 bits per heavy atom. The number of nitro benzene ring substituents is 1. The molecule has 0 aliphatic rings. The van der Waals surface area contributed by atoms with E-state index in [1.54, 1.807) is 6.07 Å². The normalized spacial score (nSPS) is 10.6. The summed E-state index contributed by atoms with van der Waals surface area (Å²) in [5.41, 5.74) is 2.55. The maximum Gasteiger partial charge on any atom is 0.433 e. The summed E-state index contributed by atoms with van der Waals surface area (Å²) in [5, 5.41) is 24.9. The molecule has 1 aromatic carbocycles. The Kier molecular flexibility index (Phi) is 3.70. The van der Waals surface area contributed by atoms with Gasteiger partial charge in [0, 0.05) is 6.07 Å². The summed E-state index contributed by atoms with van der Waals surface area (Å²) in [5.74, 6) is -0.250. The smallest absolute Gasteiger partial charge is 0.400 e. The number of anilines is 1. The van der Waals surface area contributed by atoms with Crippen molar-refractivity contribution in [2.75, 3.05) is 5.43 Å². The molecule has 2 aromatic rings. The second-order valence-electron chi connectivity index (χ2n) is 3.58. The number of hydrazone groups is 1. The van der Waals surface area contributed by atoms with Gasteiger partial charge in [-0.2, -0.15) is 5.10 Å². The van der Waals surface area contributed by atoms with E-state index in [0.717, 1.165) is 0 Å². The van der Waals surface area contributed by atoms with Crippen molar-refractivity contribution in [3.8, 4) is 0 Å². The SMILES string of the molecule is O=[N+]([O-])c1ccc(/C=N/Nc2ccccc2[N+](=O)[O-])o1. The third kappa shape index (κ3) is 2.96. The van der Waals surface area contributed by atoms with E-state index in [1.165, 1.54) is 36.5 Å². The first-order chi connectivity index (χ1) is 9.58. The molecular weight excluding hydrogens is 268 g/mol. The average molecular weight is 276 g/mol. The minimum Gasteiger partial charge on any atom is -0.400 e. The van der Waals surface area contributed by atoms with E-state index in [2.05, 4.69) is 10.5 Å². The molecule has 0 saturated heterocycles. The van der Waals surface area contributed by atoms with Crippen molar-refractivity contribution < 1.29 is 14.3 Å².